The summed E-state index contributed by atoms with van der Waals surface area (Å²) >= 11 is 0. The van der Waals surface area contributed by atoms with Crippen molar-refractivity contribution >= 4 is 17.7 Å². The third kappa shape index (κ3) is 5.11. The fourth-order valence-corrected chi connectivity index (χ4v) is 4.49. The molecule has 9 nitrogen and oxygen atoms in total. The summed E-state index contributed by atoms with van der Waals surface area (Å²) in [6.45, 7) is 1.96. The molecule has 1 aromatic heterocycles. The van der Waals surface area contributed by atoms with E-state index >= 15 is 0 Å². The Morgan fingerprint density at radius 1 is 0.973 bits per heavy atom. The van der Waals surface area contributed by atoms with Gasteiger partial charge in [0.1, 0.15) is 18.7 Å². The molecule has 0 aliphatic carbocycles. The fraction of sp³-hybridized carbons (Fsp3) is 0.179. The molecule has 0 spiro atoms. The highest BCUT2D eigenvalue weighted by molar-refractivity contribution is 6.05. The first-order chi connectivity index (χ1) is 18.0. The van der Waals surface area contributed by atoms with E-state index in [4.69, 9.17) is 0 Å². The Hall–Kier alpha value is -4.79. The highest BCUT2D eigenvalue weighted by Gasteiger charge is 2.40. The van der Waals surface area contributed by atoms with Crippen LogP contribution in [0.3, 0.4) is 0 Å². The Kier molecular flexibility index (Phi) is 6.76. The lowest BCUT2D eigenvalue weighted by Crippen LogP contribution is -2.43. The molecule has 0 saturated carbocycles. The summed E-state index contributed by atoms with van der Waals surface area (Å²) in [7, 11) is 0. The number of hydrogen-bond donors (Lipinski definition) is 2. The molecule has 3 aromatic carbocycles. The summed E-state index contributed by atoms with van der Waals surface area (Å²) in [6, 6.07) is 23.1. The van der Waals surface area contributed by atoms with E-state index in [1.807, 2.05) is 61.5 Å². The van der Waals surface area contributed by atoms with Gasteiger partial charge in [-0.1, -0.05) is 60.7 Å². The van der Waals surface area contributed by atoms with Crippen LogP contribution in [0.25, 0.3) is 5.69 Å². The lowest BCUT2D eigenvalue weighted by Gasteiger charge is -2.25. The van der Waals surface area contributed by atoms with Gasteiger partial charge in [-0.2, -0.15) is 5.10 Å². The molecule has 2 atom stereocenters. The SMILES string of the molecule is C[C@@H](NC(=O)CNC(=O)[C@H]1c2ccccc2C(=O)N1Cc1ccccc1)c1ccc(-n2cncn2)cc1. The first-order valence-corrected chi connectivity index (χ1v) is 12.0. The fourth-order valence-electron chi connectivity index (χ4n) is 4.49. The summed E-state index contributed by atoms with van der Waals surface area (Å²) in [5, 5.41) is 9.73. The van der Waals surface area contributed by atoms with Crippen molar-refractivity contribution < 1.29 is 14.4 Å². The van der Waals surface area contributed by atoms with Crippen molar-refractivity contribution in [2.45, 2.75) is 25.6 Å². The van der Waals surface area contributed by atoms with Crippen LogP contribution in [0.15, 0.2) is 91.5 Å². The Morgan fingerprint density at radius 2 is 1.70 bits per heavy atom. The quantitative estimate of drug-likeness (QED) is 0.392. The van der Waals surface area contributed by atoms with Crippen LogP contribution in [-0.4, -0.2) is 43.9 Å². The molecule has 5 rings (SSSR count). The largest absolute Gasteiger partial charge is 0.348 e. The summed E-state index contributed by atoms with van der Waals surface area (Å²) in [6.07, 6.45) is 3.08. The van der Waals surface area contributed by atoms with Gasteiger partial charge in [0.05, 0.1) is 18.3 Å². The Labute approximate surface area is 214 Å². The van der Waals surface area contributed by atoms with Gasteiger partial charge in [-0.25, -0.2) is 9.67 Å². The van der Waals surface area contributed by atoms with Crippen molar-refractivity contribution in [3.63, 3.8) is 0 Å². The van der Waals surface area contributed by atoms with Crippen LogP contribution in [0, 0.1) is 0 Å². The van der Waals surface area contributed by atoms with Crippen LogP contribution in [0.1, 0.15) is 46.1 Å². The van der Waals surface area contributed by atoms with Gasteiger partial charge in [-0.3, -0.25) is 14.4 Å². The lowest BCUT2D eigenvalue weighted by molar-refractivity contribution is -0.129. The van der Waals surface area contributed by atoms with E-state index in [-0.39, 0.29) is 24.4 Å². The standard InChI is InChI=1S/C28H26N6O3/c1-19(21-11-13-22(14-12-21)34-18-29-17-31-34)32-25(35)15-30-27(36)26-23-9-5-6-10-24(23)28(37)33(26)16-20-7-3-2-4-8-20/h2-14,17-19,26H,15-16H2,1H3,(H,30,36)(H,32,35)/t19-,26-/m1/s1. The maximum atomic E-state index is 13.3. The van der Waals surface area contributed by atoms with Crippen molar-refractivity contribution in [1.82, 2.24) is 30.3 Å². The molecule has 0 saturated heterocycles. The topological polar surface area (TPSA) is 109 Å². The third-order valence-corrected chi connectivity index (χ3v) is 6.38. The normalized spacial score (nSPS) is 15.2. The molecule has 2 heterocycles. The van der Waals surface area contributed by atoms with E-state index in [0.29, 0.717) is 17.7 Å². The van der Waals surface area contributed by atoms with Crippen LogP contribution in [-0.2, 0) is 16.1 Å². The predicted molar refractivity (Wildman–Crippen MR) is 136 cm³/mol. The van der Waals surface area contributed by atoms with Gasteiger partial charge in [0, 0.05) is 12.1 Å². The van der Waals surface area contributed by atoms with E-state index in [1.54, 1.807) is 40.2 Å². The monoisotopic (exact) mass is 494 g/mol. The smallest absolute Gasteiger partial charge is 0.255 e. The average molecular weight is 495 g/mol. The molecule has 4 aromatic rings. The Balaban J connectivity index is 1.22. The number of carbonyl (C=O) groups is 3. The first kappa shape index (κ1) is 23.9. The molecule has 2 N–H and O–H groups in total. The zero-order valence-corrected chi connectivity index (χ0v) is 20.2. The van der Waals surface area contributed by atoms with Gasteiger partial charge in [0.2, 0.25) is 11.8 Å². The van der Waals surface area contributed by atoms with Crippen LogP contribution < -0.4 is 10.6 Å². The van der Waals surface area contributed by atoms with Gasteiger partial charge in [-0.15, -0.1) is 0 Å². The van der Waals surface area contributed by atoms with Gasteiger partial charge in [0.25, 0.3) is 5.91 Å². The van der Waals surface area contributed by atoms with Crippen molar-refractivity contribution in [3.8, 4) is 5.69 Å². The number of fused-ring (bicyclic) bond motifs is 1. The second-order valence-corrected chi connectivity index (χ2v) is 8.85. The van der Waals surface area contributed by atoms with Gasteiger partial charge >= 0.3 is 0 Å². The molecule has 1 aliphatic heterocycles. The van der Waals surface area contributed by atoms with Gasteiger partial charge in [-0.05, 0) is 41.8 Å². The minimum atomic E-state index is -0.807. The third-order valence-electron chi connectivity index (χ3n) is 6.38. The van der Waals surface area contributed by atoms with Gasteiger partial charge < -0.3 is 15.5 Å². The highest BCUT2D eigenvalue weighted by atomic mass is 16.2. The summed E-state index contributed by atoms with van der Waals surface area (Å²) in [4.78, 5) is 44.5. The Morgan fingerprint density at radius 3 is 2.43 bits per heavy atom. The molecular weight excluding hydrogens is 468 g/mol. The molecule has 9 heteroatoms. The number of carbonyl (C=O) groups excluding carboxylic acids is 3. The molecular formula is C28H26N6O3. The van der Waals surface area contributed by atoms with Crippen molar-refractivity contribution in [2.24, 2.45) is 0 Å². The maximum Gasteiger partial charge on any atom is 0.255 e. The van der Waals surface area contributed by atoms with Crippen molar-refractivity contribution in [3.05, 3.63) is 114 Å². The van der Waals surface area contributed by atoms with E-state index in [1.165, 1.54) is 6.33 Å². The number of aromatic nitrogens is 3. The number of hydrogen-bond acceptors (Lipinski definition) is 5. The minimum absolute atomic E-state index is 0.202. The van der Waals surface area contributed by atoms with E-state index in [0.717, 1.165) is 16.8 Å². The van der Waals surface area contributed by atoms with E-state index < -0.39 is 11.9 Å². The molecule has 186 valence electrons. The molecule has 0 fully saturated rings. The molecule has 37 heavy (non-hydrogen) atoms. The van der Waals surface area contributed by atoms with Crippen LogP contribution >= 0.6 is 0 Å². The average Bonchev–Trinajstić information content (AvgIpc) is 3.56. The summed E-state index contributed by atoms with van der Waals surface area (Å²) in [5.41, 5.74) is 3.84. The number of benzene rings is 3. The van der Waals surface area contributed by atoms with E-state index in [2.05, 4.69) is 20.7 Å². The predicted octanol–water partition coefficient (Wildman–Crippen LogP) is 2.96. The molecule has 3 amide bonds. The summed E-state index contributed by atoms with van der Waals surface area (Å²) < 4.78 is 1.65. The van der Waals surface area contributed by atoms with Crippen LogP contribution in [0.2, 0.25) is 0 Å². The highest BCUT2D eigenvalue weighted by Crippen LogP contribution is 2.34. The second-order valence-electron chi connectivity index (χ2n) is 8.85. The molecule has 0 unspecified atom stereocenters. The second kappa shape index (κ2) is 10.4. The first-order valence-electron chi connectivity index (χ1n) is 12.0. The van der Waals surface area contributed by atoms with Crippen LogP contribution in [0.4, 0.5) is 0 Å². The van der Waals surface area contributed by atoms with Crippen LogP contribution in [0.5, 0.6) is 0 Å². The van der Waals surface area contributed by atoms with Gasteiger partial charge in [0.15, 0.2) is 0 Å². The molecule has 1 aliphatic rings. The lowest BCUT2D eigenvalue weighted by atomic mass is 10.0. The minimum Gasteiger partial charge on any atom is -0.348 e. The number of rotatable bonds is 8. The number of nitrogens with one attached hydrogen (secondary N) is 2. The Bertz CT molecular complexity index is 1400. The molecule has 0 bridgehead atoms. The van der Waals surface area contributed by atoms with Crippen molar-refractivity contribution in [1.29, 1.82) is 0 Å². The zero-order valence-electron chi connectivity index (χ0n) is 20.2. The summed E-state index contributed by atoms with van der Waals surface area (Å²) in [5.74, 6) is -0.922. The zero-order chi connectivity index (χ0) is 25.8. The number of nitrogens with zero attached hydrogens (tertiary/aromatic N) is 4. The van der Waals surface area contributed by atoms with Crippen molar-refractivity contribution in [2.75, 3.05) is 6.54 Å². The molecule has 0 radical (unpaired) electrons. The van der Waals surface area contributed by atoms with E-state index in [9.17, 15) is 14.4 Å². The maximum absolute atomic E-state index is 13.3. The number of amides is 3.